The van der Waals surface area contributed by atoms with E-state index in [2.05, 4.69) is 5.32 Å². The summed E-state index contributed by atoms with van der Waals surface area (Å²) in [5.74, 6) is -1.86. The van der Waals surface area contributed by atoms with Crippen LogP contribution in [0, 0.1) is 0 Å². The molecule has 3 aromatic rings. The van der Waals surface area contributed by atoms with Crippen LogP contribution < -0.4 is 22.5 Å². The molecule has 0 heterocycles. The Balaban J connectivity index is 0.000000289. The summed E-state index contributed by atoms with van der Waals surface area (Å²) in [7, 11) is 0. The van der Waals surface area contributed by atoms with Gasteiger partial charge in [-0.25, -0.2) is 0 Å². The Morgan fingerprint density at radius 3 is 2.05 bits per heavy atom. The fraction of sp³-hybridized carbons (Fsp3) is 0.375. The third kappa shape index (κ3) is 16.2. The summed E-state index contributed by atoms with van der Waals surface area (Å²) in [6, 6.07) is 20.1. The molecule has 1 amide bonds. The molecule has 1 saturated carbocycles. The maximum Gasteiger partial charge on any atom is 0.320 e. The summed E-state index contributed by atoms with van der Waals surface area (Å²) in [6.45, 7) is 1.94. The first-order valence-corrected chi connectivity index (χ1v) is 14.0. The molecular weight excluding hydrogens is 536 g/mol. The number of carbonyl (C=O) groups is 4. The number of carboxylic acids is 2. The van der Waals surface area contributed by atoms with E-state index in [0.29, 0.717) is 36.7 Å². The summed E-state index contributed by atoms with van der Waals surface area (Å²) in [4.78, 5) is 41.4. The molecule has 10 heteroatoms. The molecule has 0 spiro atoms. The van der Waals surface area contributed by atoms with Crippen molar-refractivity contribution in [3.05, 3.63) is 77.9 Å². The van der Waals surface area contributed by atoms with Crippen LogP contribution in [-0.2, 0) is 20.8 Å². The maximum atomic E-state index is 10.6. The number of benzene rings is 3. The second-order valence-corrected chi connectivity index (χ2v) is 9.95. The molecule has 1 aliphatic carbocycles. The van der Waals surface area contributed by atoms with E-state index >= 15 is 0 Å². The lowest BCUT2D eigenvalue weighted by Gasteiger charge is -2.15. The second kappa shape index (κ2) is 20.7. The minimum atomic E-state index is -0.955. The van der Waals surface area contributed by atoms with E-state index in [9.17, 15) is 19.2 Å². The molecule has 0 bridgehead atoms. The Morgan fingerprint density at radius 2 is 1.57 bits per heavy atom. The SMILES string of the molecule is CC(=O)Nc1ccc(C=O)cc1.NC1CCCCC1.NCCC[C@H](N)C(=O)O.O=C(O)Cc1ccc2ccccc2c1. The fourth-order valence-electron chi connectivity index (χ4n) is 3.97. The molecule has 1 atom stereocenters. The van der Waals surface area contributed by atoms with Crippen LogP contribution in [0.5, 0.6) is 0 Å². The van der Waals surface area contributed by atoms with Gasteiger partial charge in [-0.3, -0.25) is 19.2 Å². The van der Waals surface area contributed by atoms with Crippen LogP contribution in [0.1, 0.15) is 67.8 Å². The number of amides is 1. The van der Waals surface area contributed by atoms with Crippen molar-refractivity contribution in [3.8, 4) is 0 Å². The van der Waals surface area contributed by atoms with E-state index in [4.69, 9.17) is 27.4 Å². The van der Waals surface area contributed by atoms with Crippen molar-refractivity contribution < 1.29 is 29.4 Å². The molecule has 1 fully saturated rings. The normalized spacial score (nSPS) is 13.0. The number of carbonyl (C=O) groups excluding carboxylic acids is 2. The van der Waals surface area contributed by atoms with Crippen LogP contribution in [0.25, 0.3) is 10.8 Å². The number of anilines is 1. The Morgan fingerprint density at radius 1 is 0.952 bits per heavy atom. The highest BCUT2D eigenvalue weighted by molar-refractivity contribution is 5.89. The molecule has 0 aliphatic heterocycles. The van der Waals surface area contributed by atoms with Crippen molar-refractivity contribution >= 4 is 40.6 Å². The molecule has 9 N–H and O–H groups in total. The molecule has 0 radical (unpaired) electrons. The van der Waals surface area contributed by atoms with Gasteiger partial charge in [0, 0.05) is 24.2 Å². The van der Waals surface area contributed by atoms with Crippen LogP contribution in [0.15, 0.2) is 66.7 Å². The van der Waals surface area contributed by atoms with Gasteiger partial charge in [0.15, 0.2) is 0 Å². The number of hydrogen-bond acceptors (Lipinski definition) is 7. The third-order valence-electron chi connectivity index (χ3n) is 6.22. The molecule has 42 heavy (non-hydrogen) atoms. The van der Waals surface area contributed by atoms with Gasteiger partial charge in [0.05, 0.1) is 6.42 Å². The Hall–Kier alpha value is -4.12. The first kappa shape index (κ1) is 35.9. The molecule has 4 rings (SSSR count). The van der Waals surface area contributed by atoms with Crippen molar-refractivity contribution in [2.45, 2.75) is 70.4 Å². The van der Waals surface area contributed by atoms with Gasteiger partial charge in [-0.15, -0.1) is 0 Å². The average Bonchev–Trinajstić information content (AvgIpc) is 2.97. The monoisotopic (exact) mass is 580 g/mol. The standard InChI is InChI=1S/C12H10O2.C9H9NO2.C6H13N.C5H12N2O2/c13-12(14)8-9-5-6-10-3-1-2-4-11(10)7-9;1-7(12)10-9-4-2-8(6-11)3-5-9;7-6-4-2-1-3-5-6;6-3-1-2-4(7)5(8)9/h1-7H,8H2,(H,13,14);2-6H,1H3,(H,10,12);6H,1-5,7H2;4H,1-3,6-7H2,(H,8,9)/t;;;4-/m...0/s1. The predicted molar refractivity (Wildman–Crippen MR) is 166 cm³/mol. The molecule has 1 aliphatic rings. The van der Waals surface area contributed by atoms with E-state index < -0.39 is 18.0 Å². The van der Waals surface area contributed by atoms with Crippen LogP contribution in [0.4, 0.5) is 5.69 Å². The second-order valence-electron chi connectivity index (χ2n) is 9.95. The lowest BCUT2D eigenvalue weighted by Crippen LogP contribution is -2.30. The first-order chi connectivity index (χ1) is 20.0. The summed E-state index contributed by atoms with van der Waals surface area (Å²) < 4.78 is 0. The molecule has 0 saturated heterocycles. The number of carboxylic acid groups (broad SMARTS) is 2. The Bertz CT molecular complexity index is 1240. The third-order valence-corrected chi connectivity index (χ3v) is 6.22. The lowest BCUT2D eigenvalue weighted by atomic mass is 9.97. The predicted octanol–water partition coefficient (Wildman–Crippen LogP) is 4.34. The van der Waals surface area contributed by atoms with Gasteiger partial charge in [0.1, 0.15) is 12.3 Å². The number of hydrogen-bond donors (Lipinski definition) is 6. The summed E-state index contributed by atoms with van der Waals surface area (Å²) in [5.41, 5.74) is 18.1. The lowest BCUT2D eigenvalue weighted by molar-refractivity contribution is -0.139. The van der Waals surface area contributed by atoms with Crippen molar-refractivity contribution in [1.29, 1.82) is 0 Å². The van der Waals surface area contributed by atoms with Crippen LogP contribution in [0.3, 0.4) is 0 Å². The van der Waals surface area contributed by atoms with Gasteiger partial charge in [0.25, 0.3) is 0 Å². The van der Waals surface area contributed by atoms with Gasteiger partial charge in [-0.2, -0.15) is 0 Å². The zero-order valence-electron chi connectivity index (χ0n) is 24.2. The zero-order valence-corrected chi connectivity index (χ0v) is 24.2. The van der Waals surface area contributed by atoms with Crippen molar-refractivity contribution in [3.63, 3.8) is 0 Å². The van der Waals surface area contributed by atoms with Crippen LogP contribution in [0.2, 0.25) is 0 Å². The Kier molecular flexibility index (Phi) is 17.7. The van der Waals surface area contributed by atoms with Crippen molar-refractivity contribution in [1.82, 2.24) is 0 Å². The number of fused-ring (bicyclic) bond motifs is 1. The van der Waals surface area contributed by atoms with E-state index in [1.165, 1.54) is 39.0 Å². The molecule has 0 unspecified atom stereocenters. The van der Waals surface area contributed by atoms with Crippen LogP contribution >= 0.6 is 0 Å². The Labute approximate surface area is 247 Å². The zero-order chi connectivity index (χ0) is 31.3. The summed E-state index contributed by atoms with van der Waals surface area (Å²) in [6.07, 6.45) is 8.65. The van der Waals surface area contributed by atoms with E-state index in [1.807, 2.05) is 42.5 Å². The topological polar surface area (TPSA) is 199 Å². The van der Waals surface area contributed by atoms with E-state index in [1.54, 1.807) is 24.3 Å². The number of nitrogens with one attached hydrogen (secondary N) is 1. The number of nitrogens with two attached hydrogens (primary N) is 3. The number of aldehydes is 1. The van der Waals surface area contributed by atoms with Gasteiger partial charge in [-0.1, -0.05) is 61.7 Å². The highest BCUT2D eigenvalue weighted by atomic mass is 16.4. The fourth-order valence-corrected chi connectivity index (χ4v) is 3.97. The smallest absolute Gasteiger partial charge is 0.320 e. The molecule has 228 valence electrons. The molecule has 3 aromatic carbocycles. The average molecular weight is 581 g/mol. The molecule has 10 nitrogen and oxygen atoms in total. The summed E-state index contributed by atoms with van der Waals surface area (Å²) >= 11 is 0. The minimum absolute atomic E-state index is 0.0881. The van der Waals surface area contributed by atoms with Crippen molar-refractivity contribution in [2.75, 3.05) is 11.9 Å². The van der Waals surface area contributed by atoms with Crippen LogP contribution in [-0.4, -0.2) is 53.0 Å². The van der Waals surface area contributed by atoms with Gasteiger partial charge < -0.3 is 32.7 Å². The van der Waals surface area contributed by atoms with Gasteiger partial charge in [0.2, 0.25) is 5.91 Å². The number of rotatable bonds is 8. The van der Waals surface area contributed by atoms with Gasteiger partial charge in [-0.05, 0) is 72.8 Å². The number of aliphatic carboxylic acids is 2. The van der Waals surface area contributed by atoms with Gasteiger partial charge >= 0.3 is 11.9 Å². The largest absolute Gasteiger partial charge is 0.481 e. The quantitative estimate of drug-likeness (QED) is 0.210. The maximum absolute atomic E-state index is 10.6. The van der Waals surface area contributed by atoms with E-state index in [-0.39, 0.29) is 12.3 Å². The molecule has 0 aromatic heterocycles. The highest BCUT2D eigenvalue weighted by Crippen LogP contribution is 2.16. The summed E-state index contributed by atoms with van der Waals surface area (Å²) in [5, 5.41) is 21.7. The van der Waals surface area contributed by atoms with Crippen molar-refractivity contribution in [2.24, 2.45) is 17.2 Å². The highest BCUT2D eigenvalue weighted by Gasteiger charge is 2.09. The molecular formula is C32H44N4O6. The minimum Gasteiger partial charge on any atom is -0.481 e. The van der Waals surface area contributed by atoms with E-state index in [0.717, 1.165) is 22.6 Å². The first-order valence-electron chi connectivity index (χ1n) is 14.0.